The van der Waals surface area contributed by atoms with Crippen LogP contribution in [0, 0.1) is 12.8 Å². The molecular formula is C38H40N8O3S2. The highest BCUT2D eigenvalue weighted by atomic mass is 32.1. The molecular weight excluding hydrogens is 681 g/mol. The standard InChI is InChI=1S/C38H40N8O3S2/c1-25-8-9-27(16-39-25)35-40-18-29(51-35)20-44-13-10-30(31(21-44)26-6-4-3-5-7-26)36(47)45-14-11-38(49,12-15-45)23-46-24-41-33-32(37(46)48)22-50-34(33)28-17-42-43(2)19-28/h3-9,16-19,22,24,30-31,49H,10-15,20-21,23H2,1-2H3/t30-,31+/m1/s1. The summed E-state index contributed by atoms with van der Waals surface area (Å²) in [7, 11) is 1.86. The highest BCUT2D eigenvalue weighted by molar-refractivity contribution is 7.15. The van der Waals surface area contributed by atoms with Gasteiger partial charge < -0.3 is 10.0 Å². The summed E-state index contributed by atoms with van der Waals surface area (Å²) in [6.45, 7) is 5.40. The predicted octanol–water partition coefficient (Wildman–Crippen LogP) is 5.34. The molecule has 262 valence electrons. The molecule has 2 atom stereocenters. The Bertz CT molecular complexity index is 2220. The second kappa shape index (κ2) is 13.9. The first-order valence-electron chi connectivity index (χ1n) is 17.3. The van der Waals surface area contributed by atoms with Crippen LogP contribution in [0.2, 0.25) is 0 Å². The molecule has 0 aliphatic carbocycles. The molecule has 7 heterocycles. The number of hydrogen-bond donors (Lipinski definition) is 1. The van der Waals surface area contributed by atoms with E-state index in [1.54, 1.807) is 22.2 Å². The fraction of sp³-hybridized carbons (Fsp3) is 0.368. The van der Waals surface area contributed by atoms with Gasteiger partial charge in [0.2, 0.25) is 5.91 Å². The Hall–Kier alpha value is -4.56. The lowest BCUT2D eigenvalue weighted by atomic mass is 9.79. The van der Waals surface area contributed by atoms with E-state index in [0.717, 1.165) is 52.8 Å². The fourth-order valence-electron chi connectivity index (χ4n) is 7.50. The topological polar surface area (TPSA) is 122 Å². The first-order chi connectivity index (χ1) is 24.7. The molecule has 0 unspecified atom stereocenters. The lowest BCUT2D eigenvalue weighted by molar-refractivity contribution is -0.142. The number of thiophene rings is 1. The van der Waals surface area contributed by atoms with Crippen LogP contribution in [0.5, 0.6) is 0 Å². The zero-order valence-electron chi connectivity index (χ0n) is 28.7. The number of benzene rings is 1. The summed E-state index contributed by atoms with van der Waals surface area (Å²) >= 11 is 3.17. The van der Waals surface area contributed by atoms with Gasteiger partial charge in [0.15, 0.2) is 0 Å². The van der Waals surface area contributed by atoms with E-state index in [1.807, 2.05) is 67.1 Å². The summed E-state index contributed by atoms with van der Waals surface area (Å²) in [6, 6.07) is 14.5. The van der Waals surface area contributed by atoms with Crippen LogP contribution in [0.1, 0.15) is 41.3 Å². The molecule has 1 N–H and O–H groups in total. The molecule has 6 aromatic rings. The van der Waals surface area contributed by atoms with Crippen LogP contribution in [0.4, 0.5) is 0 Å². The summed E-state index contributed by atoms with van der Waals surface area (Å²) in [5.74, 6) is 0.0618. The normalized spacial score (nSPS) is 19.5. The maximum absolute atomic E-state index is 14.2. The van der Waals surface area contributed by atoms with Gasteiger partial charge in [-0.15, -0.1) is 22.7 Å². The molecule has 0 spiro atoms. The second-order valence-electron chi connectivity index (χ2n) is 13.9. The maximum atomic E-state index is 14.2. The summed E-state index contributed by atoms with van der Waals surface area (Å²) in [5, 5.41) is 19.2. The first-order valence-corrected chi connectivity index (χ1v) is 19.0. The van der Waals surface area contributed by atoms with E-state index >= 15 is 0 Å². The van der Waals surface area contributed by atoms with Gasteiger partial charge in [0.1, 0.15) is 5.01 Å². The number of likely N-dealkylation sites (tertiary alicyclic amines) is 2. The summed E-state index contributed by atoms with van der Waals surface area (Å²) in [5.41, 5.74) is 3.48. The minimum atomic E-state index is -1.11. The Kier molecular flexibility index (Phi) is 9.13. The second-order valence-corrected chi connectivity index (χ2v) is 15.9. The van der Waals surface area contributed by atoms with Gasteiger partial charge in [0, 0.05) is 90.7 Å². The third-order valence-electron chi connectivity index (χ3n) is 10.4. The molecule has 8 rings (SSSR count). The fourth-order valence-corrected chi connectivity index (χ4v) is 9.41. The molecule has 2 aliphatic heterocycles. The number of aryl methyl sites for hydroxylation is 2. The van der Waals surface area contributed by atoms with Crippen LogP contribution in [0.25, 0.3) is 31.9 Å². The molecule has 0 radical (unpaired) electrons. The average Bonchev–Trinajstić information content (AvgIpc) is 3.91. The van der Waals surface area contributed by atoms with Crippen molar-refractivity contribution in [1.82, 2.24) is 39.1 Å². The van der Waals surface area contributed by atoms with E-state index in [9.17, 15) is 14.7 Å². The smallest absolute Gasteiger partial charge is 0.262 e. The summed E-state index contributed by atoms with van der Waals surface area (Å²) in [6.07, 6.45) is 10.6. The molecule has 13 heteroatoms. The van der Waals surface area contributed by atoms with Gasteiger partial charge in [-0.05, 0) is 50.4 Å². The van der Waals surface area contributed by atoms with E-state index in [4.69, 9.17) is 0 Å². The number of carbonyl (C=O) groups excluding carboxylic acids is 1. The number of amides is 1. The number of aliphatic hydroxyl groups is 1. The number of pyridine rings is 1. The van der Waals surface area contributed by atoms with Crippen molar-refractivity contribution in [2.75, 3.05) is 26.2 Å². The van der Waals surface area contributed by atoms with Gasteiger partial charge in [-0.3, -0.25) is 28.7 Å². The molecule has 2 aliphatic rings. The maximum Gasteiger partial charge on any atom is 0.262 e. The zero-order valence-corrected chi connectivity index (χ0v) is 30.3. The highest BCUT2D eigenvalue weighted by Gasteiger charge is 2.41. The van der Waals surface area contributed by atoms with Gasteiger partial charge >= 0.3 is 0 Å². The van der Waals surface area contributed by atoms with Gasteiger partial charge in [-0.1, -0.05) is 30.3 Å². The molecule has 0 bridgehead atoms. The minimum Gasteiger partial charge on any atom is -0.388 e. The van der Waals surface area contributed by atoms with E-state index < -0.39 is 5.60 Å². The number of thiazole rings is 1. The van der Waals surface area contributed by atoms with Gasteiger partial charge in [0.05, 0.1) is 40.5 Å². The molecule has 1 amide bonds. The Morgan fingerprint density at radius 1 is 1.00 bits per heavy atom. The number of rotatable bonds is 8. The molecule has 51 heavy (non-hydrogen) atoms. The van der Waals surface area contributed by atoms with Crippen LogP contribution < -0.4 is 5.56 Å². The van der Waals surface area contributed by atoms with E-state index in [0.29, 0.717) is 36.8 Å². The van der Waals surface area contributed by atoms with Crippen molar-refractivity contribution >= 4 is 39.5 Å². The van der Waals surface area contributed by atoms with Gasteiger partial charge in [0.25, 0.3) is 5.56 Å². The van der Waals surface area contributed by atoms with E-state index in [-0.39, 0.29) is 29.8 Å². The third-order valence-corrected chi connectivity index (χ3v) is 12.4. The molecule has 0 saturated carbocycles. The lowest BCUT2D eigenvalue weighted by Crippen LogP contribution is -2.53. The van der Waals surface area contributed by atoms with Crippen LogP contribution in [-0.2, 0) is 24.9 Å². The number of aromatic nitrogens is 6. The van der Waals surface area contributed by atoms with Crippen molar-refractivity contribution in [3.8, 4) is 21.0 Å². The molecule has 5 aromatic heterocycles. The predicted molar refractivity (Wildman–Crippen MR) is 199 cm³/mol. The quantitative estimate of drug-likeness (QED) is 0.224. The van der Waals surface area contributed by atoms with Crippen LogP contribution in [0.3, 0.4) is 0 Å². The van der Waals surface area contributed by atoms with Gasteiger partial charge in [-0.2, -0.15) is 5.10 Å². The van der Waals surface area contributed by atoms with Crippen molar-refractivity contribution in [2.24, 2.45) is 13.0 Å². The lowest BCUT2D eigenvalue weighted by Gasteiger charge is -2.43. The molecule has 11 nitrogen and oxygen atoms in total. The number of piperidine rings is 2. The van der Waals surface area contributed by atoms with Crippen molar-refractivity contribution in [3.05, 3.63) is 105 Å². The van der Waals surface area contributed by atoms with Crippen molar-refractivity contribution in [1.29, 1.82) is 0 Å². The number of fused-ring (bicyclic) bond motifs is 1. The van der Waals surface area contributed by atoms with E-state index in [2.05, 4.69) is 43.1 Å². The first kappa shape index (κ1) is 33.6. The monoisotopic (exact) mass is 720 g/mol. The highest BCUT2D eigenvalue weighted by Crippen LogP contribution is 2.37. The molecule has 2 fully saturated rings. The van der Waals surface area contributed by atoms with Crippen LogP contribution in [0.15, 0.2) is 83.8 Å². The van der Waals surface area contributed by atoms with Crippen LogP contribution in [-0.4, -0.2) is 81.9 Å². The van der Waals surface area contributed by atoms with Crippen molar-refractivity contribution < 1.29 is 9.90 Å². The number of hydrogen-bond acceptors (Lipinski definition) is 10. The Morgan fingerprint density at radius 2 is 1.82 bits per heavy atom. The molecule has 1 aromatic carbocycles. The zero-order chi connectivity index (χ0) is 35.1. The Labute approximate surface area is 303 Å². The average molecular weight is 721 g/mol. The number of carbonyl (C=O) groups is 1. The Balaban J connectivity index is 0.928. The minimum absolute atomic E-state index is 0.0560. The summed E-state index contributed by atoms with van der Waals surface area (Å²) < 4.78 is 3.24. The van der Waals surface area contributed by atoms with Crippen molar-refractivity contribution in [3.63, 3.8) is 0 Å². The largest absolute Gasteiger partial charge is 0.388 e. The van der Waals surface area contributed by atoms with E-state index in [1.165, 1.54) is 32.7 Å². The van der Waals surface area contributed by atoms with Crippen LogP contribution >= 0.6 is 22.7 Å². The third kappa shape index (κ3) is 6.90. The van der Waals surface area contributed by atoms with Gasteiger partial charge in [-0.25, -0.2) is 9.97 Å². The molecule has 2 saturated heterocycles. The number of nitrogens with zero attached hydrogens (tertiary/aromatic N) is 8. The summed E-state index contributed by atoms with van der Waals surface area (Å²) in [4.78, 5) is 47.9. The SMILES string of the molecule is Cc1ccc(-c2ncc(CN3CC[C@@H](C(=O)N4CCC(O)(Cn5cnc6c(-c7cnn(C)c7)scc6c5=O)CC4)[C@H](c4ccccc4)C3)s2)cn1. The van der Waals surface area contributed by atoms with Crippen molar-refractivity contribution in [2.45, 2.75) is 50.8 Å². The Morgan fingerprint density at radius 3 is 2.57 bits per heavy atom.